The van der Waals surface area contributed by atoms with Crippen LogP contribution in [0, 0.1) is 5.41 Å². The second kappa shape index (κ2) is 5.01. The van der Waals surface area contributed by atoms with Crippen LogP contribution in [0.3, 0.4) is 0 Å². The predicted molar refractivity (Wildman–Crippen MR) is 72.3 cm³/mol. The Hall–Kier alpha value is -0.820. The average Bonchev–Trinajstić information content (AvgIpc) is 2.08. The van der Waals surface area contributed by atoms with E-state index < -0.39 is 0 Å². The van der Waals surface area contributed by atoms with Crippen molar-refractivity contribution in [1.29, 1.82) is 0 Å². The van der Waals surface area contributed by atoms with Gasteiger partial charge in [0.05, 0.1) is 0 Å². The number of rotatable bonds is 2. The molecule has 0 aromatic carbocycles. The summed E-state index contributed by atoms with van der Waals surface area (Å²) in [5.41, 5.74) is 9.99. The molecule has 1 unspecified atom stereocenters. The Morgan fingerprint density at radius 2 is 2.12 bits per heavy atom. The molecule has 0 spiro atoms. The lowest BCUT2D eigenvalue weighted by atomic mass is 9.83. The molecular weight excluding hydrogens is 194 g/mol. The van der Waals surface area contributed by atoms with Gasteiger partial charge in [0.15, 0.2) is 0 Å². The number of hydrogen-bond acceptors (Lipinski definition) is 1. The number of allylic oxidation sites excluding steroid dienone is 2. The largest absolute Gasteiger partial charge is 0.324 e. The van der Waals surface area contributed by atoms with Gasteiger partial charge in [-0.3, -0.25) is 0 Å². The van der Waals surface area contributed by atoms with Crippen molar-refractivity contribution in [3.63, 3.8) is 0 Å². The van der Waals surface area contributed by atoms with Gasteiger partial charge in [0, 0.05) is 6.04 Å². The fourth-order valence-corrected chi connectivity index (χ4v) is 2.26. The summed E-state index contributed by atoms with van der Waals surface area (Å²) in [6.07, 6.45) is 6.51. The van der Waals surface area contributed by atoms with E-state index in [1.807, 2.05) is 0 Å². The summed E-state index contributed by atoms with van der Waals surface area (Å²) in [6.45, 7) is 14.9. The summed E-state index contributed by atoms with van der Waals surface area (Å²) in [6, 6.07) is 0.165. The van der Waals surface area contributed by atoms with Gasteiger partial charge in [0.2, 0.25) is 0 Å². The van der Waals surface area contributed by atoms with Gasteiger partial charge >= 0.3 is 0 Å². The Labute approximate surface area is 100 Å². The molecule has 1 saturated carbocycles. The fraction of sp³-hybridized carbons (Fsp3) is 0.600. The van der Waals surface area contributed by atoms with Crippen molar-refractivity contribution in [1.82, 2.24) is 0 Å². The predicted octanol–water partition coefficient (Wildman–Crippen LogP) is 3.97. The van der Waals surface area contributed by atoms with Crippen LogP contribution >= 0.6 is 0 Å². The zero-order chi connectivity index (χ0) is 12.3. The molecule has 0 saturated heterocycles. The third kappa shape index (κ3) is 3.97. The Morgan fingerprint density at radius 1 is 1.50 bits per heavy atom. The molecule has 1 aliphatic rings. The third-order valence-electron chi connectivity index (χ3n) is 2.92. The second-order valence-electron chi connectivity index (χ2n) is 6.10. The fourth-order valence-electron chi connectivity index (χ4n) is 2.26. The normalized spacial score (nSPS) is 24.9. The first-order valence-corrected chi connectivity index (χ1v) is 6.13. The van der Waals surface area contributed by atoms with Crippen molar-refractivity contribution in [3.05, 3.63) is 36.0 Å². The average molecular weight is 219 g/mol. The van der Waals surface area contributed by atoms with Crippen molar-refractivity contribution in [2.45, 2.75) is 52.5 Å². The van der Waals surface area contributed by atoms with E-state index in [-0.39, 0.29) is 11.5 Å². The van der Waals surface area contributed by atoms with Crippen molar-refractivity contribution < 1.29 is 0 Å². The molecule has 0 aromatic heterocycles. The minimum atomic E-state index is 0.165. The summed E-state index contributed by atoms with van der Waals surface area (Å²) in [5, 5.41) is 0. The van der Waals surface area contributed by atoms with Gasteiger partial charge in [-0.15, -0.1) is 0 Å². The van der Waals surface area contributed by atoms with Crippen LogP contribution in [0.15, 0.2) is 36.0 Å². The van der Waals surface area contributed by atoms with Crippen molar-refractivity contribution in [2.24, 2.45) is 11.1 Å². The molecule has 90 valence electrons. The minimum absolute atomic E-state index is 0.165. The van der Waals surface area contributed by atoms with Crippen LogP contribution in [-0.4, -0.2) is 6.04 Å². The Morgan fingerprint density at radius 3 is 2.62 bits per heavy atom. The van der Waals surface area contributed by atoms with Gasteiger partial charge in [-0.05, 0) is 36.7 Å². The van der Waals surface area contributed by atoms with Gasteiger partial charge in [0.1, 0.15) is 0 Å². The van der Waals surface area contributed by atoms with E-state index in [1.54, 1.807) is 0 Å². The summed E-state index contributed by atoms with van der Waals surface area (Å²) >= 11 is 0. The zero-order valence-corrected chi connectivity index (χ0v) is 11.0. The highest BCUT2D eigenvalue weighted by Crippen LogP contribution is 2.30. The topological polar surface area (TPSA) is 26.0 Å². The van der Waals surface area contributed by atoms with E-state index in [2.05, 4.69) is 40.0 Å². The van der Waals surface area contributed by atoms with Gasteiger partial charge in [-0.1, -0.05) is 51.2 Å². The zero-order valence-electron chi connectivity index (χ0n) is 11.0. The summed E-state index contributed by atoms with van der Waals surface area (Å²) in [7, 11) is 0. The van der Waals surface area contributed by atoms with Gasteiger partial charge < -0.3 is 5.73 Å². The highest BCUT2D eigenvalue weighted by molar-refractivity contribution is 5.40. The second-order valence-corrected chi connectivity index (χ2v) is 6.10. The van der Waals surface area contributed by atoms with Crippen molar-refractivity contribution in [3.8, 4) is 0 Å². The molecule has 1 fully saturated rings. The molecule has 0 radical (unpaired) electrons. The van der Waals surface area contributed by atoms with E-state index >= 15 is 0 Å². The quantitative estimate of drug-likeness (QED) is 0.747. The van der Waals surface area contributed by atoms with Crippen LogP contribution in [0.1, 0.15) is 46.5 Å². The maximum atomic E-state index is 6.11. The minimum Gasteiger partial charge on any atom is -0.324 e. The lowest BCUT2D eigenvalue weighted by molar-refractivity contribution is 0.413. The van der Waals surface area contributed by atoms with Crippen LogP contribution in [-0.2, 0) is 0 Å². The van der Waals surface area contributed by atoms with E-state index in [9.17, 15) is 0 Å². The van der Waals surface area contributed by atoms with Crippen LogP contribution in [0.25, 0.3) is 0 Å². The lowest BCUT2D eigenvalue weighted by Crippen LogP contribution is -2.27. The third-order valence-corrected chi connectivity index (χ3v) is 2.92. The molecular formula is C15H25N. The summed E-state index contributed by atoms with van der Waals surface area (Å²) in [4.78, 5) is 0. The Balaban J connectivity index is 2.74. The van der Waals surface area contributed by atoms with Crippen LogP contribution < -0.4 is 5.73 Å². The molecule has 1 nitrogen and oxygen atoms in total. The molecule has 16 heavy (non-hydrogen) atoms. The monoisotopic (exact) mass is 219 g/mol. The van der Waals surface area contributed by atoms with Crippen LogP contribution in [0.4, 0.5) is 0 Å². The smallest absolute Gasteiger partial charge is 0.0297 e. The van der Waals surface area contributed by atoms with Gasteiger partial charge in [0.25, 0.3) is 0 Å². The number of nitrogens with two attached hydrogens (primary N) is 1. The Bertz CT molecular complexity index is 315. The molecule has 1 atom stereocenters. The van der Waals surface area contributed by atoms with Gasteiger partial charge in [-0.25, -0.2) is 0 Å². The van der Waals surface area contributed by atoms with Crippen LogP contribution in [0.2, 0.25) is 0 Å². The van der Waals surface area contributed by atoms with E-state index in [1.165, 1.54) is 23.1 Å². The molecule has 0 heterocycles. The van der Waals surface area contributed by atoms with E-state index in [4.69, 9.17) is 5.73 Å². The molecule has 1 rings (SSSR count). The van der Waals surface area contributed by atoms with Crippen molar-refractivity contribution >= 4 is 0 Å². The highest BCUT2D eigenvalue weighted by Gasteiger charge is 2.19. The maximum absolute atomic E-state index is 6.11. The van der Waals surface area contributed by atoms with E-state index in [0.717, 1.165) is 19.3 Å². The highest BCUT2D eigenvalue weighted by atomic mass is 14.6. The van der Waals surface area contributed by atoms with Crippen molar-refractivity contribution in [2.75, 3.05) is 0 Å². The molecule has 0 aromatic rings. The first-order valence-electron chi connectivity index (χ1n) is 6.13. The molecule has 2 N–H and O–H groups in total. The van der Waals surface area contributed by atoms with Gasteiger partial charge in [-0.2, -0.15) is 0 Å². The van der Waals surface area contributed by atoms with E-state index in [0.29, 0.717) is 0 Å². The first-order chi connectivity index (χ1) is 7.29. The van der Waals surface area contributed by atoms with Crippen LogP contribution in [0.5, 0.6) is 0 Å². The summed E-state index contributed by atoms with van der Waals surface area (Å²) in [5.74, 6) is 0. The first kappa shape index (κ1) is 13.2. The molecule has 0 aliphatic heterocycles. The standard InChI is InChI=1S/C15H25N/c1-11(10-15(3,4)5)9-13-12(2)7-6-8-14(13)16/h9,14H,1-2,6-8,10,16H2,3-5H3/b13-9+. The number of hydrogen-bond donors (Lipinski definition) is 1. The molecule has 1 heteroatoms. The lowest BCUT2D eigenvalue weighted by Gasteiger charge is -2.25. The Kier molecular flexibility index (Phi) is 4.15. The molecule has 1 aliphatic carbocycles. The summed E-state index contributed by atoms with van der Waals surface area (Å²) < 4.78 is 0. The molecule has 0 amide bonds. The maximum Gasteiger partial charge on any atom is 0.0297 e. The SMILES string of the molecule is C=C(/C=C1\C(=C)CCCC1N)CC(C)(C)C. The molecule has 0 bridgehead atoms.